The van der Waals surface area contributed by atoms with E-state index in [-0.39, 0.29) is 24.0 Å². The molecule has 0 aliphatic carbocycles. The number of non-ortho nitro benzene ring substituents is 1. The van der Waals surface area contributed by atoms with E-state index in [1.165, 1.54) is 18.2 Å². The highest BCUT2D eigenvalue weighted by atomic mass is 16.6. The Morgan fingerprint density at radius 2 is 1.69 bits per heavy atom. The van der Waals surface area contributed by atoms with Crippen molar-refractivity contribution in [3.05, 3.63) is 89.0 Å². The molecule has 3 rings (SSSR count). The molecule has 1 N–H and O–H groups in total. The van der Waals surface area contributed by atoms with E-state index in [1.54, 1.807) is 6.07 Å². The average Bonchev–Trinajstić information content (AvgIpc) is 2.76. The Kier molecular flexibility index (Phi) is 6.78. The number of hydrogen-bond donors (Lipinski definition) is 1. The van der Waals surface area contributed by atoms with E-state index in [9.17, 15) is 14.9 Å². The summed E-state index contributed by atoms with van der Waals surface area (Å²) in [5, 5.41) is 13.5. The van der Waals surface area contributed by atoms with Crippen molar-refractivity contribution in [1.29, 1.82) is 0 Å². The van der Waals surface area contributed by atoms with E-state index in [4.69, 9.17) is 9.47 Å². The van der Waals surface area contributed by atoms with Crippen LogP contribution in [0.1, 0.15) is 0 Å². The maximum absolute atomic E-state index is 11.9. The zero-order valence-corrected chi connectivity index (χ0v) is 15.6. The van der Waals surface area contributed by atoms with Crippen LogP contribution in [0.4, 0.5) is 5.69 Å². The predicted octanol–water partition coefficient (Wildman–Crippen LogP) is 3.84. The van der Waals surface area contributed by atoms with E-state index >= 15 is 0 Å². The van der Waals surface area contributed by atoms with Crippen molar-refractivity contribution in [2.24, 2.45) is 0 Å². The topological polar surface area (TPSA) is 90.7 Å². The molecular formula is C22H20N2O5. The van der Waals surface area contributed by atoms with Crippen molar-refractivity contribution in [2.45, 2.75) is 0 Å². The number of nitrogens with one attached hydrogen (secondary N) is 1. The van der Waals surface area contributed by atoms with E-state index in [2.05, 4.69) is 5.32 Å². The van der Waals surface area contributed by atoms with Crippen LogP contribution in [-0.2, 0) is 4.79 Å². The fourth-order valence-corrected chi connectivity index (χ4v) is 2.69. The maximum atomic E-state index is 11.9. The van der Waals surface area contributed by atoms with E-state index in [0.717, 1.165) is 16.9 Å². The first-order chi connectivity index (χ1) is 14.1. The summed E-state index contributed by atoms with van der Waals surface area (Å²) in [5.41, 5.74) is 1.94. The van der Waals surface area contributed by atoms with Gasteiger partial charge in [0, 0.05) is 11.6 Å². The van der Waals surface area contributed by atoms with Gasteiger partial charge < -0.3 is 14.8 Å². The molecule has 0 fully saturated rings. The molecule has 0 radical (unpaired) electrons. The molecule has 0 bridgehead atoms. The average molecular weight is 392 g/mol. The molecule has 29 heavy (non-hydrogen) atoms. The van der Waals surface area contributed by atoms with E-state index < -0.39 is 4.92 Å². The van der Waals surface area contributed by atoms with Gasteiger partial charge in [-0.1, -0.05) is 54.6 Å². The summed E-state index contributed by atoms with van der Waals surface area (Å²) < 4.78 is 11.1. The summed E-state index contributed by atoms with van der Waals surface area (Å²) in [6.45, 7) is 0.369. The Morgan fingerprint density at radius 1 is 0.931 bits per heavy atom. The van der Waals surface area contributed by atoms with E-state index in [1.807, 2.05) is 54.6 Å². The molecule has 0 unspecified atom stereocenters. The monoisotopic (exact) mass is 392 g/mol. The lowest BCUT2D eigenvalue weighted by atomic mass is 10.1. The molecule has 0 aliphatic heterocycles. The lowest BCUT2D eigenvalue weighted by Gasteiger charge is -2.12. The molecule has 0 saturated carbocycles. The first-order valence-corrected chi connectivity index (χ1v) is 9.04. The van der Waals surface area contributed by atoms with Crippen molar-refractivity contribution in [3.8, 4) is 22.6 Å². The quantitative estimate of drug-likeness (QED) is 0.339. The normalized spacial score (nSPS) is 10.2. The second-order valence-corrected chi connectivity index (χ2v) is 6.10. The Labute approximate surface area is 168 Å². The molecule has 3 aromatic carbocycles. The Hall–Kier alpha value is -3.87. The Bertz CT molecular complexity index is 976. The van der Waals surface area contributed by atoms with Crippen molar-refractivity contribution in [3.63, 3.8) is 0 Å². The molecule has 7 heteroatoms. The minimum Gasteiger partial charge on any atom is -0.491 e. The van der Waals surface area contributed by atoms with Crippen molar-refractivity contribution >= 4 is 11.6 Å². The Morgan fingerprint density at radius 3 is 2.48 bits per heavy atom. The second kappa shape index (κ2) is 9.89. The van der Waals surface area contributed by atoms with Crippen LogP contribution >= 0.6 is 0 Å². The van der Waals surface area contributed by atoms with Gasteiger partial charge in [-0.05, 0) is 17.7 Å². The molecule has 1 amide bonds. The fourth-order valence-electron chi connectivity index (χ4n) is 2.69. The van der Waals surface area contributed by atoms with Crippen LogP contribution in [0.15, 0.2) is 78.9 Å². The van der Waals surface area contributed by atoms with Crippen molar-refractivity contribution < 1.29 is 19.2 Å². The molecule has 0 aliphatic rings. The van der Waals surface area contributed by atoms with Gasteiger partial charge in [0.15, 0.2) is 6.61 Å². The van der Waals surface area contributed by atoms with Crippen LogP contribution in [-0.4, -0.2) is 30.6 Å². The zero-order valence-electron chi connectivity index (χ0n) is 15.6. The lowest BCUT2D eigenvalue weighted by Crippen LogP contribution is -2.32. The van der Waals surface area contributed by atoms with Crippen LogP contribution in [0, 0.1) is 10.1 Å². The number of hydrogen-bond acceptors (Lipinski definition) is 5. The molecule has 0 atom stereocenters. The van der Waals surface area contributed by atoms with Crippen LogP contribution < -0.4 is 14.8 Å². The summed E-state index contributed by atoms with van der Waals surface area (Å²) in [5.74, 6) is 0.666. The number of carbonyl (C=O) groups excluding carboxylic acids is 1. The van der Waals surface area contributed by atoms with Crippen LogP contribution in [0.3, 0.4) is 0 Å². The SMILES string of the molecule is O=C(COc1cccc([N+](=O)[O-])c1)NCCOc1ccccc1-c1ccccc1. The highest BCUT2D eigenvalue weighted by molar-refractivity contribution is 5.77. The van der Waals surface area contributed by atoms with E-state index in [0.29, 0.717) is 13.2 Å². The molecule has 3 aromatic rings. The summed E-state index contributed by atoms with van der Waals surface area (Å²) in [6, 6.07) is 23.3. The van der Waals surface area contributed by atoms with Crippen molar-refractivity contribution in [2.75, 3.05) is 19.8 Å². The zero-order chi connectivity index (χ0) is 20.5. The Balaban J connectivity index is 1.45. The van der Waals surface area contributed by atoms with Crippen LogP contribution in [0.5, 0.6) is 11.5 Å². The summed E-state index contributed by atoms with van der Waals surface area (Å²) in [7, 11) is 0. The number of carbonyl (C=O) groups is 1. The predicted molar refractivity (Wildman–Crippen MR) is 109 cm³/mol. The van der Waals surface area contributed by atoms with Crippen LogP contribution in [0.2, 0.25) is 0 Å². The largest absolute Gasteiger partial charge is 0.491 e. The smallest absolute Gasteiger partial charge is 0.273 e. The minimum absolute atomic E-state index is 0.0895. The standard InChI is InChI=1S/C22H20N2O5/c25-22(16-29-19-10-6-9-18(15-19)24(26)27)23-13-14-28-21-12-5-4-11-20(21)17-7-2-1-3-8-17/h1-12,15H,13-14,16H2,(H,23,25). The molecular weight excluding hydrogens is 372 g/mol. The van der Waals surface area contributed by atoms with Gasteiger partial charge in [-0.2, -0.15) is 0 Å². The van der Waals surface area contributed by atoms with Gasteiger partial charge >= 0.3 is 0 Å². The number of benzene rings is 3. The summed E-state index contributed by atoms with van der Waals surface area (Å²) >= 11 is 0. The number of para-hydroxylation sites is 1. The van der Waals surface area contributed by atoms with Gasteiger partial charge in [-0.25, -0.2) is 0 Å². The number of amides is 1. The first kappa shape index (κ1) is 19.9. The fraction of sp³-hybridized carbons (Fsp3) is 0.136. The molecule has 7 nitrogen and oxygen atoms in total. The van der Waals surface area contributed by atoms with Gasteiger partial charge in [-0.3, -0.25) is 14.9 Å². The molecule has 0 heterocycles. The highest BCUT2D eigenvalue weighted by Crippen LogP contribution is 2.29. The van der Waals surface area contributed by atoms with Gasteiger partial charge in [-0.15, -0.1) is 0 Å². The lowest BCUT2D eigenvalue weighted by molar-refractivity contribution is -0.384. The third-order valence-corrected chi connectivity index (χ3v) is 4.05. The number of nitro benzene ring substituents is 1. The second-order valence-electron chi connectivity index (χ2n) is 6.10. The van der Waals surface area contributed by atoms with Gasteiger partial charge in [0.2, 0.25) is 0 Å². The third kappa shape index (κ3) is 5.80. The van der Waals surface area contributed by atoms with Gasteiger partial charge in [0.1, 0.15) is 18.1 Å². The maximum Gasteiger partial charge on any atom is 0.273 e. The summed E-state index contributed by atoms with van der Waals surface area (Å²) in [4.78, 5) is 22.1. The summed E-state index contributed by atoms with van der Waals surface area (Å²) in [6.07, 6.45) is 0. The van der Waals surface area contributed by atoms with Gasteiger partial charge in [0.05, 0.1) is 17.5 Å². The van der Waals surface area contributed by atoms with Crippen LogP contribution in [0.25, 0.3) is 11.1 Å². The molecule has 0 saturated heterocycles. The van der Waals surface area contributed by atoms with Gasteiger partial charge in [0.25, 0.3) is 11.6 Å². The number of ether oxygens (including phenoxy) is 2. The first-order valence-electron chi connectivity index (χ1n) is 9.04. The third-order valence-electron chi connectivity index (χ3n) is 4.05. The highest BCUT2D eigenvalue weighted by Gasteiger charge is 2.09. The number of nitrogens with zero attached hydrogens (tertiary/aromatic N) is 1. The molecule has 148 valence electrons. The molecule has 0 aromatic heterocycles. The minimum atomic E-state index is -0.516. The number of nitro groups is 1. The van der Waals surface area contributed by atoms with Crippen molar-refractivity contribution in [1.82, 2.24) is 5.32 Å². The molecule has 0 spiro atoms. The number of rotatable bonds is 9.